The molecule has 0 spiro atoms. The third kappa shape index (κ3) is 3.10. The van der Waals surface area contributed by atoms with Crippen molar-refractivity contribution in [3.8, 4) is 0 Å². The van der Waals surface area contributed by atoms with Crippen LogP contribution in [0.25, 0.3) is 0 Å². The first kappa shape index (κ1) is 15.9. The van der Waals surface area contributed by atoms with Crippen LogP contribution in [0.3, 0.4) is 0 Å². The van der Waals surface area contributed by atoms with Gasteiger partial charge in [0.1, 0.15) is 17.1 Å². The summed E-state index contributed by atoms with van der Waals surface area (Å²) in [4.78, 5) is 32.3. The number of rotatable bonds is 5. The number of piperazine rings is 1. The highest BCUT2D eigenvalue weighted by Gasteiger charge is 2.42. The summed E-state index contributed by atoms with van der Waals surface area (Å²) in [6.45, 7) is 7.91. The first-order valence-electron chi connectivity index (χ1n) is 7.54. The number of nitrogens with one attached hydrogen (secondary N) is 1. The molecule has 0 saturated carbocycles. The molecule has 3 unspecified atom stereocenters. The molecule has 1 N–H and O–H groups in total. The summed E-state index contributed by atoms with van der Waals surface area (Å²) < 4.78 is 0. The maximum atomic E-state index is 12.7. The number of carbonyl (C=O) groups is 2. The molecule has 1 aliphatic heterocycles. The zero-order valence-corrected chi connectivity index (χ0v) is 13.9. The van der Waals surface area contributed by atoms with Crippen molar-refractivity contribution in [2.24, 2.45) is 0 Å². The van der Waals surface area contributed by atoms with Crippen molar-refractivity contribution in [3.63, 3.8) is 0 Å². The molecule has 2 heterocycles. The van der Waals surface area contributed by atoms with Gasteiger partial charge >= 0.3 is 0 Å². The molecule has 5 nitrogen and oxygen atoms in total. The summed E-state index contributed by atoms with van der Waals surface area (Å²) in [5, 5.41) is 3.76. The second-order valence-corrected chi connectivity index (χ2v) is 6.77. The zero-order valence-electron chi connectivity index (χ0n) is 13.0. The molecule has 1 aromatic rings. The molecule has 2 rings (SSSR count). The van der Waals surface area contributed by atoms with Crippen molar-refractivity contribution in [1.82, 2.24) is 15.2 Å². The Morgan fingerprint density at radius 3 is 2.67 bits per heavy atom. The highest BCUT2D eigenvalue weighted by atomic mass is 32.1. The quantitative estimate of drug-likeness (QED) is 0.908. The van der Waals surface area contributed by atoms with E-state index in [-0.39, 0.29) is 17.9 Å². The molecule has 116 valence electrons. The molecular weight excluding hydrogens is 286 g/mol. The van der Waals surface area contributed by atoms with Gasteiger partial charge in [-0.1, -0.05) is 20.3 Å². The number of carbonyl (C=O) groups excluding carboxylic acids is 2. The zero-order chi connectivity index (χ0) is 15.6. The van der Waals surface area contributed by atoms with E-state index in [1.165, 1.54) is 0 Å². The van der Waals surface area contributed by atoms with Crippen molar-refractivity contribution < 1.29 is 9.59 Å². The summed E-state index contributed by atoms with van der Waals surface area (Å²) >= 11 is 1.58. The van der Waals surface area contributed by atoms with Gasteiger partial charge in [0, 0.05) is 11.1 Å². The van der Waals surface area contributed by atoms with Crippen molar-refractivity contribution in [2.45, 2.75) is 65.1 Å². The topological polar surface area (TPSA) is 62.3 Å². The van der Waals surface area contributed by atoms with E-state index in [0.717, 1.165) is 16.3 Å². The molecule has 0 bridgehead atoms. The first-order chi connectivity index (χ1) is 9.99. The van der Waals surface area contributed by atoms with E-state index in [2.05, 4.69) is 10.3 Å². The highest BCUT2D eigenvalue weighted by molar-refractivity contribution is 7.11. The van der Waals surface area contributed by atoms with Crippen molar-refractivity contribution in [1.29, 1.82) is 0 Å². The second-order valence-electron chi connectivity index (χ2n) is 5.50. The van der Waals surface area contributed by atoms with Gasteiger partial charge in [-0.2, -0.15) is 0 Å². The molecule has 2 amide bonds. The lowest BCUT2D eigenvalue weighted by atomic mass is 10.00. The average molecular weight is 309 g/mol. The largest absolute Gasteiger partial charge is 0.343 e. The minimum atomic E-state index is -0.398. The second kappa shape index (κ2) is 6.56. The van der Waals surface area contributed by atoms with Crippen molar-refractivity contribution >= 4 is 23.2 Å². The fourth-order valence-electron chi connectivity index (χ4n) is 2.80. The predicted octanol–water partition coefficient (Wildman–Crippen LogP) is 2.42. The summed E-state index contributed by atoms with van der Waals surface area (Å²) in [5.74, 6) is -0.0284. The summed E-state index contributed by atoms with van der Waals surface area (Å²) in [6, 6.07) is -0.954. The van der Waals surface area contributed by atoms with Crippen LogP contribution < -0.4 is 5.32 Å². The van der Waals surface area contributed by atoms with Gasteiger partial charge in [0.15, 0.2) is 0 Å². The fourth-order valence-corrected chi connectivity index (χ4v) is 3.63. The van der Waals surface area contributed by atoms with Crippen molar-refractivity contribution in [3.05, 3.63) is 16.1 Å². The summed E-state index contributed by atoms with van der Waals surface area (Å²) in [5.41, 5.74) is 0. The summed E-state index contributed by atoms with van der Waals surface area (Å²) in [7, 11) is 0. The van der Waals surface area contributed by atoms with Crippen LogP contribution in [0.2, 0.25) is 0 Å². The standard InChI is InChI=1S/C15H23N3O2S/c1-5-7-11-15(20)18(12(6-2)13(19)17-11)10(4)14-16-8-9(3)21-14/h8,10-12H,5-7H2,1-4H3,(H,17,19). The number of aryl methyl sites for hydroxylation is 1. The number of nitrogens with zero attached hydrogens (tertiary/aromatic N) is 2. The lowest BCUT2D eigenvalue weighted by Crippen LogP contribution is -2.63. The molecule has 1 aliphatic rings. The normalized spacial score (nSPS) is 24.1. The molecule has 0 radical (unpaired) electrons. The lowest BCUT2D eigenvalue weighted by Gasteiger charge is -2.41. The molecule has 1 fully saturated rings. The third-order valence-electron chi connectivity index (χ3n) is 3.89. The van der Waals surface area contributed by atoms with Gasteiger partial charge in [0.25, 0.3) is 0 Å². The minimum absolute atomic E-state index is 0.0173. The Morgan fingerprint density at radius 2 is 2.14 bits per heavy atom. The average Bonchev–Trinajstić information content (AvgIpc) is 2.88. The van der Waals surface area contributed by atoms with E-state index in [1.807, 2.05) is 33.9 Å². The Morgan fingerprint density at radius 1 is 1.43 bits per heavy atom. The van der Waals surface area contributed by atoms with Gasteiger partial charge < -0.3 is 10.2 Å². The number of amides is 2. The Kier molecular flexibility index (Phi) is 4.98. The number of thiazole rings is 1. The number of aromatic nitrogens is 1. The monoisotopic (exact) mass is 309 g/mol. The molecular formula is C15H23N3O2S. The molecule has 3 atom stereocenters. The number of hydrogen-bond acceptors (Lipinski definition) is 4. The fraction of sp³-hybridized carbons (Fsp3) is 0.667. The van der Waals surface area contributed by atoms with E-state index in [4.69, 9.17) is 0 Å². The Labute approximate surface area is 129 Å². The maximum absolute atomic E-state index is 12.7. The van der Waals surface area contributed by atoms with E-state index >= 15 is 0 Å². The minimum Gasteiger partial charge on any atom is -0.343 e. The molecule has 21 heavy (non-hydrogen) atoms. The van der Waals surface area contributed by atoms with Gasteiger partial charge in [0.2, 0.25) is 11.8 Å². The van der Waals surface area contributed by atoms with Crippen LogP contribution >= 0.6 is 11.3 Å². The maximum Gasteiger partial charge on any atom is 0.246 e. The Bertz CT molecular complexity index is 529. The van der Waals surface area contributed by atoms with E-state index in [9.17, 15) is 9.59 Å². The van der Waals surface area contributed by atoms with Gasteiger partial charge in [-0.25, -0.2) is 4.98 Å². The van der Waals surface area contributed by atoms with Gasteiger partial charge in [0.05, 0.1) is 6.04 Å². The van der Waals surface area contributed by atoms with E-state index in [1.54, 1.807) is 16.2 Å². The smallest absolute Gasteiger partial charge is 0.246 e. The lowest BCUT2D eigenvalue weighted by molar-refractivity contribution is -0.152. The van der Waals surface area contributed by atoms with Crippen LogP contribution in [0.5, 0.6) is 0 Å². The van der Waals surface area contributed by atoms with E-state index in [0.29, 0.717) is 12.8 Å². The van der Waals surface area contributed by atoms with Gasteiger partial charge in [-0.3, -0.25) is 9.59 Å². The van der Waals surface area contributed by atoms with Crippen molar-refractivity contribution in [2.75, 3.05) is 0 Å². The molecule has 6 heteroatoms. The predicted molar refractivity (Wildman–Crippen MR) is 83.0 cm³/mol. The van der Waals surface area contributed by atoms with Crippen LogP contribution in [0, 0.1) is 6.92 Å². The van der Waals surface area contributed by atoms with Crippen LogP contribution in [0.1, 0.15) is 56.0 Å². The van der Waals surface area contributed by atoms with E-state index < -0.39 is 12.1 Å². The molecule has 1 aromatic heterocycles. The Hall–Kier alpha value is -1.43. The SMILES string of the molecule is CCCC1NC(=O)C(CC)N(C(C)c2ncc(C)s2)C1=O. The Balaban J connectivity index is 2.30. The number of hydrogen-bond donors (Lipinski definition) is 1. The molecule has 0 aromatic carbocycles. The van der Waals surface area contributed by atoms with Crippen LogP contribution in [-0.4, -0.2) is 33.8 Å². The van der Waals surface area contributed by atoms with Crippen LogP contribution in [0.15, 0.2) is 6.20 Å². The van der Waals surface area contributed by atoms with Crippen LogP contribution in [-0.2, 0) is 9.59 Å². The van der Waals surface area contributed by atoms with Crippen LogP contribution in [0.4, 0.5) is 0 Å². The first-order valence-corrected chi connectivity index (χ1v) is 8.36. The molecule has 0 aliphatic carbocycles. The summed E-state index contributed by atoms with van der Waals surface area (Å²) in [6.07, 6.45) is 3.98. The van der Waals surface area contributed by atoms with Gasteiger partial charge in [-0.15, -0.1) is 11.3 Å². The highest BCUT2D eigenvalue weighted by Crippen LogP contribution is 2.30. The third-order valence-corrected chi connectivity index (χ3v) is 4.97. The van der Waals surface area contributed by atoms with Gasteiger partial charge in [-0.05, 0) is 26.7 Å². The molecule has 1 saturated heterocycles.